The summed E-state index contributed by atoms with van der Waals surface area (Å²) in [7, 11) is 0. The molecular weight excluding hydrogens is 204 g/mol. The molecule has 0 atom stereocenters. The Kier molecular flexibility index (Phi) is 1.83. The number of nitrogens with zero attached hydrogens (tertiary/aromatic N) is 3. The molecule has 0 bridgehead atoms. The highest BCUT2D eigenvalue weighted by atomic mass is 16.1. The van der Waals surface area contributed by atoms with Gasteiger partial charge in [-0.3, -0.25) is 14.9 Å². The molecule has 5 nitrogen and oxygen atoms in total. The van der Waals surface area contributed by atoms with Gasteiger partial charge < -0.3 is 0 Å². The molecule has 0 aliphatic rings. The van der Waals surface area contributed by atoms with Crippen molar-refractivity contribution in [3.63, 3.8) is 0 Å². The largest absolute Gasteiger partial charge is 0.272 e. The molecule has 0 aliphatic carbocycles. The van der Waals surface area contributed by atoms with Gasteiger partial charge in [0, 0.05) is 24.0 Å². The maximum Gasteiger partial charge on any atom is 0.271 e. The van der Waals surface area contributed by atoms with Crippen LogP contribution >= 0.6 is 0 Å². The second-order valence-corrected chi connectivity index (χ2v) is 3.37. The highest BCUT2D eigenvalue weighted by Gasteiger charge is 2.04. The number of hydrogen-bond acceptors (Lipinski definition) is 3. The van der Waals surface area contributed by atoms with Crippen molar-refractivity contribution >= 4 is 5.65 Å². The molecule has 5 heteroatoms. The fourth-order valence-corrected chi connectivity index (χ4v) is 1.56. The molecule has 3 heterocycles. The summed E-state index contributed by atoms with van der Waals surface area (Å²) in [5.41, 5.74) is 1.33. The van der Waals surface area contributed by atoms with Crippen LogP contribution in [-0.4, -0.2) is 19.6 Å². The molecule has 0 spiro atoms. The average molecular weight is 212 g/mol. The van der Waals surface area contributed by atoms with E-state index in [1.165, 1.54) is 10.6 Å². The Morgan fingerprint density at radius 3 is 2.88 bits per heavy atom. The van der Waals surface area contributed by atoms with Gasteiger partial charge in [0.15, 0.2) is 11.5 Å². The Morgan fingerprint density at radius 1 is 1.19 bits per heavy atom. The Morgan fingerprint density at radius 2 is 2.12 bits per heavy atom. The standard InChI is InChI=1S/C11H8N4O/c16-10-5-1-4-9-13-11(14-15(9)10)8-3-2-6-12-7-8/h1-7H,(H,13,14). The van der Waals surface area contributed by atoms with Crippen molar-refractivity contribution in [2.75, 3.05) is 0 Å². The van der Waals surface area contributed by atoms with Gasteiger partial charge in [-0.05, 0) is 18.2 Å². The van der Waals surface area contributed by atoms with Crippen molar-refractivity contribution in [1.82, 2.24) is 19.6 Å². The number of aromatic amines is 1. The summed E-state index contributed by atoms with van der Waals surface area (Å²) in [5.74, 6) is 0.636. The molecule has 0 saturated heterocycles. The summed E-state index contributed by atoms with van der Waals surface area (Å²) in [6, 6.07) is 8.66. The zero-order valence-corrected chi connectivity index (χ0v) is 8.29. The highest BCUT2D eigenvalue weighted by molar-refractivity contribution is 5.56. The van der Waals surface area contributed by atoms with Crippen molar-refractivity contribution < 1.29 is 0 Å². The monoisotopic (exact) mass is 212 g/mol. The van der Waals surface area contributed by atoms with Crippen LogP contribution in [0.4, 0.5) is 0 Å². The molecule has 0 unspecified atom stereocenters. The van der Waals surface area contributed by atoms with E-state index in [1.54, 1.807) is 24.5 Å². The lowest BCUT2D eigenvalue weighted by Crippen LogP contribution is -2.11. The number of nitrogens with one attached hydrogen (secondary N) is 1. The molecule has 0 fully saturated rings. The van der Waals surface area contributed by atoms with Gasteiger partial charge in [0.1, 0.15) is 0 Å². The molecule has 0 aromatic carbocycles. The molecule has 3 aromatic rings. The Labute approximate surface area is 90.4 Å². The van der Waals surface area contributed by atoms with Gasteiger partial charge in [0.05, 0.1) is 0 Å². The maximum atomic E-state index is 11.5. The summed E-state index contributed by atoms with van der Waals surface area (Å²) < 4.78 is 1.41. The van der Waals surface area contributed by atoms with E-state index < -0.39 is 0 Å². The van der Waals surface area contributed by atoms with Crippen LogP contribution in [0.15, 0.2) is 47.5 Å². The van der Waals surface area contributed by atoms with E-state index in [9.17, 15) is 4.79 Å². The van der Waals surface area contributed by atoms with Crippen LogP contribution in [0.5, 0.6) is 0 Å². The molecule has 0 saturated carbocycles. The maximum absolute atomic E-state index is 11.5. The van der Waals surface area contributed by atoms with Gasteiger partial charge in [-0.25, -0.2) is 4.98 Å². The smallest absolute Gasteiger partial charge is 0.271 e. The van der Waals surface area contributed by atoms with Gasteiger partial charge in [-0.2, -0.15) is 4.52 Å². The fraction of sp³-hybridized carbons (Fsp3) is 0. The van der Waals surface area contributed by atoms with E-state index in [-0.39, 0.29) is 5.56 Å². The predicted molar refractivity (Wildman–Crippen MR) is 59.0 cm³/mol. The Balaban J connectivity index is 2.28. The normalized spacial score (nSPS) is 10.8. The number of pyridine rings is 2. The molecule has 1 N–H and O–H groups in total. The lowest BCUT2D eigenvalue weighted by Gasteiger charge is -1.92. The molecule has 3 rings (SSSR count). The molecule has 0 aliphatic heterocycles. The lowest BCUT2D eigenvalue weighted by atomic mass is 10.3. The van der Waals surface area contributed by atoms with Gasteiger partial charge in [0.25, 0.3) is 5.56 Å². The first-order valence-corrected chi connectivity index (χ1v) is 4.83. The van der Waals surface area contributed by atoms with E-state index in [4.69, 9.17) is 0 Å². The Bertz CT molecular complexity index is 684. The SMILES string of the molecule is O=c1cccc2nc(-c3cccnc3)[nH]n12. The summed E-state index contributed by atoms with van der Waals surface area (Å²) in [6.45, 7) is 0. The number of fused-ring (bicyclic) bond motifs is 1. The zero-order chi connectivity index (χ0) is 11.0. The first kappa shape index (κ1) is 8.84. The quantitative estimate of drug-likeness (QED) is 0.656. The van der Waals surface area contributed by atoms with Gasteiger partial charge in [-0.15, -0.1) is 0 Å². The predicted octanol–water partition coefficient (Wildman–Crippen LogP) is 1.08. The second-order valence-electron chi connectivity index (χ2n) is 3.37. The first-order chi connectivity index (χ1) is 7.84. The lowest BCUT2D eigenvalue weighted by molar-refractivity contribution is 0.923. The van der Waals surface area contributed by atoms with Gasteiger partial charge >= 0.3 is 0 Å². The summed E-state index contributed by atoms with van der Waals surface area (Å²) in [6.07, 6.45) is 3.39. The van der Waals surface area contributed by atoms with Crippen LogP contribution in [0.3, 0.4) is 0 Å². The van der Waals surface area contributed by atoms with Crippen molar-refractivity contribution in [2.24, 2.45) is 0 Å². The molecule has 0 amide bonds. The van der Waals surface area contributed by atoms with Crippen molar-refractivity contribution in [2.45, 2.75) is 0 Å². The minimum absolute atomic E-state index is 0.125. The number of aromatic nitrogens is 4. The van der Waals surface area contributed by atoms with Crippen molar-refractivity contribution in [3.05, 3.63) is 53.1 Å². The van der Waals surface area contributed by atoms with Crippen LogP contribution < -0.4 is 5.56 Å². The van der Waals surface area contributed by atoms with E-state index in [1.807, 2.05) is 12.1 Å². The van der Waals surface area contributed by atoms with Crippen molar-refractivity contribution in [3.8, 4) is 11.4 Å². The summed E-state index contributed by atoms with van der Waals surface area (Å²) >= 11 is 0. The van der Waals surface area contributed by atoms with Gasteiger partial charge in [0.2, 0.25) is 0 Å². The molecule has 3 aromatic heterocycles. The third kappa shape index (κ3) is 1.30. The number of rotatable bonds is 1. The first-order valence-electron chi connectivity index (χ1n) is 4.83. The van der Waals surface area contributed by atoms with Crippen LogP contribution in [0, 0.1) is 0 Å². The fourth-order valence-electron chi connectivity index (χ4n) is 1.56. The van der Waals surface area contributed by atoms with E-state index >= 15 is 0 Å². The number of H-pyrrole nitrogens is 1. The van der Waals surface area contributed by atoms with E-state index in [2.05, 4.69) is 15.1 Å². The average Bonchev–Trinajstić information content (AvgIpc) is 2.76. The molecule has 16 heavy (non-hydrogen) atoms. The Hall–Kier alpha value is -2.43. The zero-order valence-electron chi connectivity index (χ0n) is 8.29. The van der Waals surface area contributed by atoms with E-state index in [0.29, 0.717) is 11.5 Å². The molecular formula is C11H8N4O. The van der Waals surface area contributed by atoms with Crippen LogP contribution in [0.2, 0.25) is 0 Å². The van der Waals surface area contributed by atoms with Gasteiger partial charge in [-0.1, -0.05) is 6.07 Å². The second kappa shape index (κ2) is 3.30. The van der Waals surface area contributed by atoms with Crippen LogP contribution in [0.1, 0.15) is 0 Å². The summed E-state index contributed by atoms with van der Waals surface area (Å²) in [5, 5.41) is 2.93. The van der Waals surface area contributed by atoms with Crippen molar-refractivity contribution in [1.29, 1.82) is 0 Å². The molecule has 78 valence electrons. The molecule has 0 radical (unpaired) electrons. The minimum atomic E-state index is -0.125. The van der Waals surface area contributed by atoms with Crippen LogP contribution in [-0.2, 0) is 0 Å². The van der Waals surface area contributed by atoms with E-state index in [0.717, 1.165) is 5.56 Å². The summed E-state index contributed by atoms with van der Waals surface area (Å²) in [4.78, 5) is 19.8. The van der Waals surface area contributed by atoms with Crippen LogP contribution in [0.25, 0.3) is 17.0 Å². The minimum Gasteiger partial charge on any atom is -0.272 e. The number of hydrogen-bond donors (Lipinski definition) is 1. The highest BCUT2D eigenvalue weighted by Crippen LogP contribution is 2.12. The third-order valence-electron chi connectivity index (χ3n) is 2.31. The topological polar surface area (TPSA) is 63.0 Å². The third-order valence-corrected chi connectivity index (χ3v) is 2.31.